The number of hydrogen-bond acceptors (Lipinski definition) is 4. The smallest absolute Gasteiger partial charge is 0.469 e. The molecule has 0 heterocycles. The molecule has 0 atom stereocenters. The van der Waals surface area contributed by atoms with Gasteiger partial charge in [0.05, 0.1) is 13.5 Å². The van der Waals surface area contributed by atoms with Crippen molar-refractivity contribution in [3.05, 3.63) is 29.8 Å². The third-order valence-electron chi connectivity index (χ3n) is 1.85. The lowest BCUT2D eigenvalue weighted by atomic mass is 9.80. The molecule has 4 nitrogen and oxygen atoms in total. The van der Waals surface area contributed by atoms with E-state index in [0.29, 0.717) is 5.46 Å². The first kappa shape index (κ1) is 10.8. The Labute approximate surface area is 82.3 Å². The van der Waals surface area contributed by atoms with Gasteiger partial charge in [0.25, 0.3) is 0 Å². The fourth-order valence-corrected chi connectivity index (χ4v) is 1.05. The van der Waals surface area contributed by atoms with Crippen molar-refractivity contribution in [1.82, 2.24) is 0 Å². The molecule has 74 valence electrons. The number of hydrogen-bond donors (Lipinski definition) is 2. The zero-order valence-corrected chi connectivity index (χ0v) is 7.80. The molecule has 0 aliphatic rings. The summed E-state index contributed by atoms with van der Waals surface area (Å²) in [7, 11) is -0.143. The first-order valence-electron chi connectivity index (χ1n) is 4.15. The third-order valence-corrected chi connectivity index (χ3v) is 1.85. The van der Waals surface area contributed by atoms with Gasteiger partial charge in [-0.25, -0.2) is 0 Å². The van der Waals surface area contributed by atoms with E-state index in [-0.39, 0.29) is 12.4 Å². The number of benzene rings is 1. The quantitative estimate of drug-likeness (QED) is 0.482. The summed E-state index contributed by atoms with van der Waals surface area (Å²) >= 11 is 0. The molecule has 0 aliphatic carbocycles. The van der Waals surface area contributed by atoms with Crippen molar-refractivity contribution in [2.75, 3.05) is 7.11 Å². The summed E-state index contributed by atoms with van der Waals surface area (Å²) in [4.78, 5) is 10.9. The molecule has 1 aromatic rings. The lowest BCUT2D eigenvalue weighted by Crippen LogP contribution is -2.29. The molecule has 0 fully saturated rings. The molecular formula is C9H11BO4. The van der Waals surface area contributed by atoms with Gasteiger partial charge in [0.15, 0.2) is 0 Å². The van der Waals surface area contributed by atoms with Crippen molar-refractivity contribution >= 4 is 18.6 Å². The molecule has 0 unspecified atom stereocenters. The van der Waals surface area contributed by atoms with Crippen LogP contribution in [-0.4, -0.2) is 30.2 Å². The van der Waals surface area contributed by atoms with Gasteiger partial charge in [-0.2, -0.15) is 0 Å². The number of ether oxygens (including phenoxy) is 1. The Morgan fingerprint density at radius 1 is 1.36 bits per heavy atom. The number of rotatable bonds is 3. The van der Waals surface area contributed by atoms with Crippen LogP contribution in [0.3, 0.4) is 0 Å². The predicted octanol–water partition coefficient (Wildman–Crippen LogP) is -0.918. The van der Waals surface area contributed by atoms with Gasteiger partial charge in [-0.05, 0) is 11.0 Å². The number of carbonyl (C=O) groups excluding carboxylic acids is 1. The van der Waals surface area contributed by atoms with Crippen LogP contribution in [0.4, 0.5) is 0 Å². The van der Waals surface area contributed by atoms with Gasteiger partial charge >= 0.3 is 13.1 Å². The standard InChI is InChI=1S/C9H11BO4/c1-14-9(11)6-7-2-4-8(5-3-7)10(12)13/h2-5,12-13H,6H2,1H3. The Hall–Kier alpha value is -1.33. The minimum atomic E-state index is -1.47. The van der Waals surface area contributed by atoms with E-state index in [2.05, 4.69) is 4.74 Å². The van der Waals surface area contributed by atoms with Crippen LogP contribution in [0.15, 0.2) is 24.3 Å². The van der Waals surface area contributed by atoms with Gasteiger partial charge in [-0.3, -0.25) is 4.79 Å². The molecule has 0 radical (unpaired) electrons. The van der Waals surface area contributed by atoms with Crippen LogP contribution in [0.25, 0.3) is 0 Å². The summed E-state index contributed by atoms with van der Waals surface area (Å²) in [6.07, 6.45) is 0.193. The van der Waals surface area contributed by atoms with Gasteiger partial charge < -0.3 is 14.8 Å². The SMILES string of the molecule is COC(=O)Cc1ccc(B(O)O)cc1. The molecule has 0 aromatic heterocycles. The van der Waals surface area contributed by atoms with Gasteiger partial charge in [0, 0.05) is 0 Å². The highest BCUT2D eigenvalue weighted by Crippen LogP contribution is 1.99. The van der Waals surface area contributed by atoms with E-state index in [4.69, 9.17) is 10.0 Å². The molecular weight excluding hydrogens is 183 g/mol. The minimum absolute atomic E-state index is 0.193. The monoisotopic (exact) mass is 194 g/mol. The minimum Gasteiger partial charge on any atom is -0.469 e. The molecule has 1 aromatic carbocycles. The number of methoxy groups -OCH3 is 1. The van der Waals surface area contributed by atoms with Crippen molar-refractivity contribution in [3.8, 4) is 0 Å². The molecule has 5 heteroatoms. The van der Waals surface area contributed by atoms with Crippen molar-refractivity contribution in [3.63, 3.8) is 0 Å². The zero-order chi connectivity index (χ0) is 10.6. The van der Waals surface area contributed by atoms with Crippen molar-refractivity contribution in [1.29, 1.82) is 0 Å². The van der Waals surface area contributed by atoms with Crippen LogP contribution in [0, 0.1) is 0 Å². The fraction of sp³-hybridized carbons (Fsp3) is 0.222. The average Bonchev–Trinajstić information content (AvgIpc) is 2.18. The average molecular weight is 194 g/mol. The van der Waals surface area contributed by atoms with Crippen LogP contribution in [0.5, 0.6) is 0 Å². The van der Waals surface area contributed by atoms with E-state index >= 15 is 0 Å². The van der Waals surface area contributed by atoms with Crippen LogP contribution < -0.4 is 5.46 Å². The summed E-state index contributed by atoms with van der Waals surface area (Å²) in [6, 6.07) is 6.43. The van der Waals surface area contributed by atoms with Crippen LogP contribution in [0.2, 0.25) is 0 Å². The number of carbonyl (C=O) groups is 1. The normalized spacial score (nSPS) is 9.64. The molecule has 1 rings (SSSR count). The predicted molar refractivity (Wildman–Crippen MR) is 52.0 cm³/mol. The van der Waals surface area contributed by atoms with Gasteiger partial charge in [0.2, 0.25) is 0 Å². The Balaban J connectivity index is 2.69. The second kappa shape index (κ2) is 4.78. The van der Waals surface area contributed by atoms with Gasteiger partial charge in [-0.1, -0.05) is 24.3 Å². The largest absolute Gasteiger partial charge is 0.488 e. The van der Waals surface area contributed by atoms with E-state index in [0.717, 1.165) is 5.56 Å². The van der Waals surface area contributed by atoms with Crippen LogP contribution >= 0.6 is 0 Å². The second-order valence-corrected chi connectivity index (χ2v) is 2.87. The lowest BCUT2D eigenvalue weighted by Gasteiger charge is -2.02. The maximum absolute atomic E-state index is 10.9. The van der Waals surface area contributed by atoms with E-state index < -0.39 is 7.12 Å². The van der Waals surface area contributed by atoms with Crippen molar-refractivity contribution in [2.45, 2.75) is 6.42 Å². The molecule has 0 saturated carbocycles. The first-order valence-corrected chi connectivity index (χ1v) is 4.15. The Kier molecular flexibility index (Phi) is 3.68. The molecule has 0 amide bonds. The van der Waals surface area contributed by atoms with E-state index in [1.165, 1.54) is 7.11 Å². The maximum Gasteiger partial charge on any atom is 0.488 e. The summed E-state index contributed by atoms with van der Waals surface area (Å²) in [6.45, 7) is 0. The Morgan fingerprint density at radius 2 is 1.93 bits per heavy atom. The highest BCUT2D eigenvalue weighted by atomic mass is 16.5. The third kappa shape index (κ3) is 2.87. The summed E-state index contributed by atoms with van der Waals surface area (Å²) < 4.78 is 4.49. The fourth-order valence-electron chi connectivity index (χ4n) is 1.05. The second-order valence-electron chi connectivity index (χ2n) is 2.87. The zero-order valence-electron chi connectivity index (χ0n) is 7.80. The molecule has 0 bridgehead atoms. The topological polar surface area (TPSA) is 66.8 Å². The summed E-state index contributed by atoms with van der Waals surface area (Å²) in [5.41, 5.74) is 1.18. The van der Waals surface area contributed by atoms with Gasteiger partial charge in [-0.15, -0.1) is 0 Å². The van der Waals surface area contributed by atoms with Crippen molar-refractivity contribution < 1.29 is 19.6 Å². The van der Waals surface area contributed by atoms with E-state index in [1.54, 1.807) is 24.3 Å². The molecule has 0 spiro atoms. The first-order chi connectivity index (χ1) is 6.63. The van der Waals surface area contributed by atoms with Crippen LogP contribution in [0.1, 0.15) is 5.56 Å². The Bertz CT molecular complexity index is 307. The highest BCUT2D eigenvalue weighted by Gasteiger charge is 2.10. The van der Waals surface area contributed by atoms with Crippen molar-refractivity contribution in [2.24, 2.45) is 0 Å². The summed E-state index contributed by atoms with van der Waals surface area (Å²) in [5.74, 6) is -0.317. The summed E-state index contributed by atoms with van der Waals surface area (Å²) in [5, 5.41) is 17.6. The van der Waals surface area contributed by atoms with Gasteiger partial charge in [0.1, 0.15) is 0 Å². The van der Waals surface area contributed by atoms with Crippen LogP contribution in [-0.2, 0) is 16.0 Å². The lowest BCUT2D eigenvalue weighted by molar-refractivity contribution is -0.139. The Morgan fingerprint density at radius 3 is 2.36 bits per heavy atom. The van der Waals surface area contributed by atoms with E-state index in [1.807, 2.05) is 0 Å². The maximum atomic E-state index is 10.9. The molecule has 0 saturated heterocycles. The molecule has 14 heavy (non-hydrogen) atoms. The molecule has 0 aliphatic heterocycles. The molecule has 2 N–H and O–H groups in total. The number of esters is 1. The van der Waals surface area contributed by atoms with E-state index in [9.17, 15) is 4.79 Å². The highest BCUT2D eigenvalue weighted by molar-refractivity contribution is 6.58.